The van der Waals surface area contributed by atoms with Crippen molar-refractivity contribution in [3.8, 4) is 0 Å². The van der Waals surface area contributed by atoms with Gasteiger partial charge in [0.15, 0.2) is 0 Å². The van der Waals surface area contributed by atoms with Gasteiger partial charge >= 0.3 is 0 Å². The number of nitrogens with one attached hydrogen (secondary N) is 2. The van der Waals surface area contributed by atoms with Gasteiger partial charge in [-0.1, -0.05) is 25.5 Å². The molecule has 110 valence electrons. The molecule has 20 heavy (non-hydrogen) atoms. The molecule has 0 radical (unpaired) electrons. The molecule has 1 aliphatic rings. The van der Waals surface area contributed by atoms with Gasteiger partial charge in [0.25, 0.3) is 0 Å². The lowest BCUT2D eigenvalue weighted by Crippen LogP contribution is -2.38. The first-order chi connectivity index (χ1) is 9.70. The molecule has 1 atom stereocenters. The number of aliphatic hydroxyl groups is 1. The lowest BCUT2D eigenvalue weighted by atomic mass is 9.81. The molecule has 4 nitrogen and oxygen atoms in total. The first kappa shape index (κ1) is 15.0. The zero-order valence-corrected chi connectivity index (χ0v) is 12.1. The van der Waals surface area contributed by atoms with Crippen molar-refractivity contribution < 1.29 is 9.90 Å². The van der Waals surface area contributed by atoms with Crippen LogP contribution in [0.5, 0.6) is 0 Å². The third-order valence-corrected chi connectivity index (χ3v) is 4.07. The highest BCUT2D eigenvalue weighted by Crippen LogP contribution is 2.32. The van der Waals surface area contributed by atoms with E-state index in [0.29, 0.717) is 6.42 Å². The Morgan fingerprint density at radius 2 is 2.15 bits per heavy atom. The number of amides is 1. The molecule has 1 aromatic carbocycles. The van der Waals surface area contributed by atoms with Crippen molar-refractivity contribution in [2.75, 3.05) is 25.0 Å². The SMILES string of the molecule is CCCC1(C(=O)Nc2ccc(CCO)cc2)CCNC1. The largest absolute Gasteiger partial charge is 0.396 e. The Morgan fingerprint density at radius 1 is 1.40 bits per heavy atom. The van der Waals surface area contributed by atoms with Gasteiger partial charge in [0, 0.05) is 18.8 Å². The summed E-state index contributed by atoms with van der Waals surface area (Å²) in [5.74, 6) is 0.124. The van der Waals surface area contributed by atoms with E-state index < -0.39 is 0 Å². The summed E-state index contributed by atoms with van der Waals surface area (Å²) >= 11 is 0. The average Bonchev–Trinajstić information content (AvgIpc) is 2.92. The summed E-state index contributed by atoms with van der Waals surface area (Å²) in [5.41, 5.74) is 1.66. The van der Waals surface area contributed by atoms with E-state index in [-0.39, 0.29) is 17.9 Å². The molecular formula is C16H24N2O2. The molecule has 1 saturated heterocycles. The second-order valence-corrected chi connectivity index (χ2v) is 5.58. The van der Waals surface area contributed by atoms with Crippen molar-refractivity contribution in [3.63, 3.8) is 0 Å². The average molecular weight is 276 g/mol. The standard InChI is InChI=1S/C16H24N2O2/c1-2-8-16(9-10-17-12-16)15(20)18-14-5-3-13(4-6-14)7-11-19/h3-6,17,19H,2,7-12H2,1H3,(H,18,20). The number of carbonyl (C=O) groups excluding carboxylic acids is 1. The number of carbonyl (C=O) groups is 1. The normalized spacial score (nSPS) is 21.9. The molecule has 3 N–H and O–H groups in total. The fourth-order valence-electron chi connectivity index (χ4n) is 2.89. The van der Waals surface area contributed by atoms with Gasteiger partial charge in [0.2, 0.25) is 5.91 Å². The maximum atomic E-state index is 12.5. The number of aliphatic hydroxyl groups excluding tert-OH is 1. The van der Waals surface area contributed by atoms with E-state index in [2.05, 4.69) is 17.6 Å². The van der Waals surface area contributed by atoms with Gasteiger partial charge in [0.05, 0.1) is 5.41 Å². The van der Waals surface area contributed by atoms with E-state index in [1.54, 1.807) is 0 Å². The minimum absolute atomic E-state index is 0.124. The fourth-order valence-corrected chi connectivity index (χ4v) is 2.89. The van der Waals surface area contributed by atoms with E-state index in [4.69, 9.17) is 5.11 Å². The summed E-state index contributed by atoms with van der Waals surface area (Å²) in [7, 11) is 0. The molecule has 1 aromatic rings. The van der Waals surface area contributed by atoms with Crippen molar-refractivity contribution in [3.05, 3.63) is 29.8 Å². The van der Waals surface area contributed by atoms with Crippen LogP contribution in [0.3, 0.4) is 0 Å². The molecule has 4 heteroatoms. The molecule has 1 heterocycles. The molecule has 1 unspecified atom stereocenters. The third-order valence-electron chi connectivity index (χ3n) is 4.07. The highest BCUT2D eigenvalue weighted by Gasteiger charge is 2.40. The molecule has 0 aromatic heterocycles. The summed E-state index contributed by atoms with van der Waals surface area (Å²) in [5, 5.41) is 15.2. The lowest BCUT2D eigenvalue weighted by molar-refractivity contribution is -0.125. The second-order valence-electron chi connectivity index (χ2n) is 5.58. The van der Waals surface area contributed by atoms with Crippen LogP contribution >= 0.6 is 0 Å². The molecule has 2 rings (SSSR count). The topological polar surface area (TPSA) is 61.4 Å². The maximum Gasteiger partial charge on any atom is 0.231 e. The van der Waals surface area contributed by atoms with E-state index in [9.17, 15) is 4.79 Å². The van der Waals surface area contributed by atoms with Crippen LogP contribution in [0.1, 0.15) is 31.7 Å². The van der Waals surface area contributed by atoms with Gasteiger partial charge < -0.3 is 15.7 Å². The zero-order chi connectivity index (χ0) is 14.4. The van der Waals surface area contributed by atoms with Gasteiger partial charge in [-0.25, -0.2) is 0 Å². The Hall–Kier alpha value is -1.39. The van der Waals surface area contributed by atoms with Crippen LogP contribution in [-0.4, -0.2) is 30.7 Å². The van der Waals surface area contributed by atoms with Crippen molar-refractivity contribution in [2.24, 2.45) is 5.41 Å². The number of benzene rings is 1. The lowest BCUT2D eigenvalue weighted by Gasteiger charge is -2.26. The highest BCUT2D eigenvalue weighted by atomic mass is 16.2. The summed E-state index contributed by atoms with van der Waals surface area (Å²) in [6.45, 7) is 3.96. The van der Waals surface area contributed by atoms with E-state index in [0.717, 1.165) is 43.6 Å². The molecule has 0 saturated carbocycles. The Kier molecular flexibility index (Phi) is 5.15. The molecule has 1 aliphatic heterocycles. The van der Waals surface area contributed by atoms with Gasteiger partial charge in [0.1, 0.15) is 0 Å². The van der Waals surface area contributed by atoms with Crippen LogP contribution in [0.2, 0.25) is 0 Å². The van der Waals surface area contributed by atoms with Crippen LogP contribution in [0, 0.1) is 5.41 Å². The van der Waals surface area contributed by atoms with E-state index >= 15 is 0 Å². The van der Waals surface area contributed by atoms with E-state index in [1.807, 2.05) is 24.3 Å². The number of hydrogen-bond acceptors (Lipinski definition) is 3. The Balaban J connectivity index is 2.02. The Bertz CT molecular complexity index is 436. The smallest absolute Gasteiger partial charge is 0.231 e. The van der Waals surface area contributed by atoms with Gasteiger partial charge in [-0.05, 0) is 43.5 Å². The molecule has 0 aliphatic carbocycles. The summed E-state index contributed by atoms with van der Waals surface area (Å²) in [4.78, 5) is 12.5. The third kappa shape index (κ3) is 3.38. The summed E-state index contributed by atoms with van der Waals surface area (Å²) in [6, 6.07) is 7.71. The molecule has 0 spiro atoms. The zero-order valence-electron chi connectivity index (χ0n) is 12.1. The number of anilines is 1. The van der Waals surface area contributed by atoms with Gasteiger partial charge in [-0.2, -0.15) is 0 Å². The van der Waals surface area contributed by atoms with Crippen molar-refractivity contribution in [1.82, 2.24) is 5.32 Å². The molecule has 1 amide bonds. The second kappa shape index (κ2) is 6.86. The monoisotopic (exact) mass is 276 g/mol. The Labute approximate surface area is 120 Å². The van der Waals surface area contributed by atoms with E-state index in [1.165, 1.54) is 0 Å². The number of hydrogen-bond donors (Lipinski definition) is 3. The van der Waals surface area contributed by atoms with Crippen LogP contribution < -0.4 is 10.6 Å². The summed E-state index contributed by atoms with van der Waals surface area (Å²) in [6.07, 6.45) is 3.51. The minimum atomic E-state index is -0.251. The number of rotatable bonds is 6. The quantitative estimate of drug-likeness (QED) is 0.744. The molecule has 0 bridgehead atoms. The predicted octanol–water partition coefficient (Wildman–Crippen LogP) is 1.94. The maximum absolute atomic E-state index is 12.5. The van der Waals surface area contributed by atoms with Crippen LogP contribution in [0.15, 0.2) is 24.3 Å². The predicted molar refractivity (Wildman–Crippen MR) is 80.7 cm³/mol. The van der Waals surface area contributed by atoms with Gasteiger partial charge in [-0.3, -0.25) is 4.79 Å². The van der Waals surface area contributed by atoms with Gasteiger partial charge in [-0.15, -0.1) is 0 Å². The first-order valence-corrected chi connectivity index (χ1v) is 7.42. The van der Waals surface area contributed by atoms with Crippen LogP contribution in [0.25, 0.3) is 0 Å². The van der Waals surface area contributed by atoms with Crippen LogP contribution in [0.4, 0.5) is 5.69 Å². The minimum Gasteiger partial charge on any atom is -0.396 e. The fraction of sp³-hybridized carbons (Fsp3) is 0.562. The van der Waals surface area contributed by atoms with Crippen LogP contribution in [-0.2, 0) is 11.2 Å². The first-order valence-electron chi connectivity index (χ1n) is 7.42. The highest BCUT2D eigenvalue weighted by molar-refractivity contribution is 5.95. The summed E-state index contributed by atoms with van der Waals surface area (Å²) < 4.78 is 0. The Morgan fingerprint density at radius 3 is 2.70 bits per heavy atom. The molecular weight excluding hydrogens is 252 g/mol. The van der Waals surface area contributed by atoms with Crippen molar-refractivity contribution >= 4 is 11.6 Å². The van der Waals surface area contributed by atoms with Crippen molar-refractivity contribution in [2.45, 2.75) is 32.6 Å². The molecule has 1 fully saturated rings. The van der Waals surface area contributed by atoms with Crippen molar-refractivity contribution in [1.29, 1.82) is 0 Å².